The van der Waals surface area contributed by atoms with E-state index in [-0.39, 0.29) is 11.9 Å². The summed E-state index contributed by atoms with van der Waals surface area (Å²) in [5.74, 6) is 0.882. The maximum Gasteiger partial charge on any atom is 0.221 e. The first-order chi connectivity index (χ1) is 11.6. The number of amides is 1. The van der Waals surface area contributed by atoms with E-state index in [1.165, 1.54) is 32.2 Å². The SMILES string of the molecule is CCNC(=NCCN1CCCCC1CC)NCCC(=O)NC(C)C. The Morgan fingerprint density at radius 1 is 1.25 bits per heavy atom. The fourth-order valence-electron chi connectivity index (χ4n) is 3.14. The van der Waals surface area contributed by atoms with Crippen LogP contribution in [0.2, 0.25) is 0 Å². The Hall–Kier alpha value is -1.30. The molecule has 3 N–H and O–H groups in total. The van der Waals surface area contributed by atoms with Crippen LogP contribution in [0.5, 0.6) is 0 Å². The largest absolute Gasteiger partial charge is 0.357 e. The lowest BCUT2D eigenvalue weighted by molar-refractivity contribution is -0.121. The van der Waals surface area contributed by atoms with Crippen LogP contribution >= 0.6 is 0 Å². The van der Waals surface area contributed by atoms with Crippen molar-refractivity contribution in [3.63, 3.8) is 0 Å². The van der Waals surface area contributed by atoms with Gasteiger partial charge in [0.1, 0.15) is 0 Å². The maximum absolute atomic E-state index is 11.7. The molecule has 1 fully saturated rings. The molecule has 0 aromatic rings. The van der Waals surface area contributed by atoms with Crippen LogP contribution in [0.4, 0.5) is 0 Å². The summed E-state index contributed by atoms with van der Waals surface area (Å²) in [6, 6.07) is 0.916. The molecular formula is C18H37N5O. The average molecular weight is 340 g/mol. The van der Waals surface area contributed by atoms with Crippen molar-refractivity contribution in [2.75, 3.05) is 32.7 Å². The summed E-state index contributed by atoms with van der Waals surface area (Å²) in [6.45, 7) is 12.7. The van der Waals surface area contributed by atoms with Gasteiger partial charge in [-0.1, -0.05) is 13.3 Å². The molecule has 1 saturated heterocycles. The van der Waals surface area contributed by atoms with Gasteiger partial charge in [0.05, 0.1) is 6.54 Å². The molecule has 1 amide bonds. The van der Waals surface area contributed by atoms with Gasteiger partial charge in [-0.15, -0.1) is 0 Å². The lowest BCUT2D eigenvalue weighted by Crippen LogP contribution is -2.42. The normalized spacial score (nSPS) is 19.4. The second kappa shape index (κ2) is 12.1. The van der Waals surface area contributed by atoms with Crippen LogP contribution in [-0.2, 0) is 4.79 Å². The smallest absolute Gasteiger partial charge is 0.221 e. The minimum absolute atomic E-state index is 0.0763. The number of nitrogens with zero attached hydrogens (tertiary/aromatic N) is 2. The third kappa shape index (κ3) is 8.52. The average Bonchev–Trinajstić information content (AvgIpc) is 2.54. The minimum atomic E-state index is 0.0763. The fraction of sp³-hybridized carbons (Fsp3) is 0.889. The van der Waals surface area contributed by atoms with Crippen LogP contribution in [-0.4, -0.2) is 61.6 Å². The van der Waals surface area contributed by atoms with Crippen molar-refractivity contribution in [1.82, 2.24) is 20.9 Å². The molecular weight excluding hydrogens is 302 g/mol. The number of piperidine rings is 1. The molecule has 1 unspecified atom stereocenters. The van der Waals surface area contributed by atoms with Gasteiger partial charge in [0.25, 0.3) is 0 Å². The van der Waals surface area contributed by atoms with Gasteiger partial charge in [-0.05, 0) is 46.6 Å². The van der Waals surface area contributed by atoms with Gasteiger partial charge in [-0.2, -0.15) is 0 Å². The lowest BCUT2D eigenvalue weighted by atomic mass is 10.0. The second-order valence-electron chi connectivity index (χ2n) is 6.75. The highest BCUT2D eigenvalue weighted by atomic mass is 16.1. The zero-order valence-corrected chi connectivity index (χ0v) is 16.0. The Balaban J connectivity index is 2.34. The highest BCUT2D eigenvalue weighted by Crippen LogP contribution is 2.18. The molecule has 6 heteroatoms. The molecule has 0 aromatic carbocycles. The van der Waals surface area contributed by atoms with Gasteiger partial charge in [0.2, 0.25) is 5.91 Å². The van der Waals surface area contributed by atoms with Gasteiger partial charge in [-0.25, -0.2) is 0 Å². The van der Waals surface area contributed by atoms with Crippen molar-refractivity contribution in [3.8, 4) is 0 Å². The highest BCUT2D eigenvalue weighted by Gasteiger charge is 2.19. The van der Waals surface area contributed by atoms with Crippen LogP contribution in [0.1, 0.15) is 59.8 Å². The van der Waals surface area contributed by atoms with Crippen molar-refractivity contribution in [1.29, 1.82) is 0 Å². The predicted octanol–water partition coefficient (Wildman–Crippen LogP) is 1.72. The fourth-order valence-corrected chi connectivity index (χ4v) is 3.14. The third-order valence-electron chi connectivity index (χ3n) is 4.32. The minimum Gasteiger partial charge on any atom is -0.357 e. The Labute approximate surface area is 147 Å². The molecule has 6 nitrogen and oxygen atoms in total. The molecule has 0 bridgehead atoms. The number of nitrogens with one attached hydrogen (secondary N) is 3. The number of likely N-dealkylation sites (tertiary alicyclic amines) is 1. The van der Waals surface area contributed by atoms with E-state index in [4.69, 9.17) is 0 Å². The zero-order valence-electron chi connectivity index (χ0n) is 16.0. The van der Waals surface area contributed by atoms with E-state index in [1.807, 2.05) is 13.8 Å². The van der Waals surface area contributed by atoms with Crippen molar-refractivity contribution in [2.24, 2.45) is 4.99 Å². The quantitative estimate of drug-likeness (QED) is 0.442. The van der Waals surface area contributed by atoms with Crippen LogP contribution < -0.4 is 16.0 Å². The number of hydrogen-bond donors (Lipinski definition) is 3. The molecule has 1 heterocycles. The Morgan fingerprint density at radius 3 is 2.71 bits per heavy atom. The Kier molecular flexibility index (Phi) is 10.5. The summed E-state index contributed by atoms with van der Waals surface area (Å²) in [4.78, 5) is 18.9. The molecule has 24 heavy (non-hydrogen) atoms. The van der Waals surface area contributed by atoms with Gasteiger partial charge in [0, 0.05) is 38.1 Å². The van der Waals surface area contributed by atoms with Gasteiger partial charge >= 0.3 is 0 Å². The van der Waals surface area contributed by atoms with E-state index >= 15 is 0 Å². The highest BCUT2D eigenvalue weighted by molar-refractivity contribution is 5.81. The second-order valence-corrected chi connectivity index (χ2v) is 6.75. The van der Waals surface area contributed by atoms with Crippen LogP contribution in [0, 0.1) is 0 Å². The number of carbonyl (C=O) groups excluding carboxylic acids is 1. The van der Waals surface area contributed by atoms with E-state index < -0.39 is 0 Å². The standard InChI is InChI=1S/C18H37N5O/c1-5-16-9-7-8-13-23(16)14-12-21-18(19-6-2)20-11-10-17(24)22-15(3)4/h15-16H,5-14H2,1-4H3,(H,22,24)(H2,19,20,21). The predicted molar refractivity (Wildman–Crippen MR) is 101 cm³/mol. The first-order valence-corrected chi connectivity index (χ1v) is 9.62. The van der Waals surface area contributed by atoms with E-state index in [2.05, 4.69) is 39.7 Å². The summed E-state index contributed by atoms with van der Waals surface area (Å²) in [5, 5.41) is 9.40. The molecule has 0 aromatic heterocycles. The maximum atomic E-state index is 11.7. The van der Waals surface area contributed by atoms with E-state index in [1.54, 1.807) is 0 Å². The molecule has 0 spiro atoms. The molecule has 0 radical (unpaired) electrons. The van der Waals surface area contributed by atoms with E-state index in [0.717, 1.165) is 31.6 Å². The van der Waals surface area contributed by atoms with Crippen molar-refractivity contribution >= 4 is 11.9 Å². The molecule has 140 valence electrons. The van der Waals surface area contributed by atoms with Gasteiger partial charge in [0.15, 0.2) is 5.96 Å². The molecule has 1 aliphatic rings. The lowest BCUT2D eigenvalue weighted by Gasteiger charge is -2.34. The molecule has 0 aliphatic carbocycles. The molecule has 1 aliphatic heterocycles. The van der Waals surface area contributed by atoms with E-state index in [0.29, 0.717) is 13.0 Å². The van der Waals surface area contributed by atoms with Gasteiger partial charge in [-0.3, -0.25) is 14.7 Å². The van der Waals surface area contributed by atoms with Crippen LogP contribution in [0.3, 0.4) is 0 Å². The van der Waals surface area contributed by atoms with E-state index in [9.17, 15) is 4.79 Å². The number of carbonyl (C=O) groups is 1. The summed E-state index contributed by atoms with van der Waals surface area (Å²) >= 11 is 0. The Morgan fingerprint density at radius 2 is 2.04 bits per heavy atom. The number of rotatable bonds is 9. The number of guanidine groups is 1. The zero-order chi connectivity index (χ0) is 17.8. The van der Waals surface area contributed by atoms with Crippen molar-refractivity contribution in [3.05, 3.63) is 0 Å². The Bertz CT molecular complexity index is 384. The first-order valence-electron chi connectivity index (χ1n) is 9.62. The van der Waals surface area contributed by atoms with Crippen LogP contribution in [0.25, 0.3) is 0 Å². The number of aliphatic imine (C=N–C) groups is 1. The summed E-state index contributed by atoms with van der Waals surface area (Å²) < 4.78 is 0. The monoisotopic (exact) mass is 339 g/mol. The molecule has 1 atom stereocenters. The summed E-state index contributed by atoms with van der Waals surface area (Å²) in [7, 11) is 0. The van der Waals surface area contributed by atoms with Crippen molar-refractivity contribution < 1.29 is 4.79 Å². The first kappa shape index (κ1) is 20.7. The summed E-state index contributed by atoms with van der Waals surface area (Å²) in [6.07, 6.45) is 5.69. The van der Waals surface area contributed by atoms with Crippen LogP contribution in [0.15, 0.2) is 4.99 Å². The molecule has 0 saturated carbocycles. The summed E-state index contributed by atoms with van der Waals surface area (Å²) in [5.41, 5.74) is 0. The molecule has 1 rings (SSSR count). The van der Waals surface area contributed by atoms with Crippen molar-refractivity contribution in [2.45, 2.75) is 71.9 Å². The third-order valence-corrected chi connectivity index (χ3v) is 4.32. The topological polar surface area (TPSA) is 68.8 Å². The van der Waals surface area contributed by atoms with Gasteiger partial charge < -0.3 is 16.0 Å². The number of hydrogen-bond acceptors (Lipinski definition) is 3.